The van der Waals surface area contributed by atoms with Crippen molar-refractivity contribution in [3.05, 3.63) is 29.8 Å². The molecular formula is C9H6FNO3. The first kappa shape index (κ1) is 8.68. The van der Waals surface area contributed by atoms with E-state index < -0.39 is 11.8 Å². The molecule has 0 aliphatic carbocycles. The number of fused-ring (bicyclic) bond motifs is 1. The Balaban J connectivity index is 2.70. The number of carbonyl (C=O) groups is 1. The molecule has 4 nitrogen and oxygen atoms in total. The minimum Gasteiger partial charge on any atom is -0.463 e. The third-order valence-corrected chi connectivity index (χ3v) is 1.83. The first-order valence-corrected chi connectivity index (χ1v) is 3.86. The lowest BCUT2D eigenvalue weighted by atomic mass is 10.2. The topological polar surface area (TPSA) is 52.3 Å². The number of esters is 1. The molecule has 5 heteroatoms. The summed E-state index contributed by atoms with van der Waals surface area (Å²) in [6.07, 6.45) is 0. The fraction of sp³-hybridized carbons (Fsp3) is 0.111. The van der Waals surface area contributed by atoms with Gasteiger partial charge < -0.3 is 9.26 Å². The van der Waals surface area contributed by atoms with Crippen LogP contribution in [0, 0.1) is 5.82 Å². The SMILES string of the molecule is COC(=O)c1onc2c(F)cccc12. The highest BCUT2D eigenvalue weighted by Crippen LogP contribution is 2.20. The summed E-state index contributed by atoms with van der Waals surface area (Å²) in [5.41, 5.74) is 0.0351. The molecule has 0 atom stereocenters. The van der Waals surface area contributed by atoms with E-state index in [4.69, 9.17) is 0 Å². The fourth-order valence-electron chi connectivity index (χ4n) is 1.17. The monoisotopic (exact) mass is 195 g/mol. The van der Waals surface area contributed by atoms with Crippen molar-refractivity contribution in [2.45, 2.75) is 0 Å². The summed E-state index contributed by atoms with van der Waals surface area (Å²) in [7, 11) is 1.22. The van der Waals surface area contributed by atoms with Crippen molar-refractivity contribution >= 4 is 16.9 Å². The molecule has 72 valence electrons. The van der Waals surface area contributed by atoms with Crippen LogP contribution in [0.4, 0.5) is 4.39 Å². The maximum absolute atomic E-state index is 13.1. The van der Waals surface area contributed by atoms with Gasteiger partial charge in [0.25, 0.3) is 5.76 Å². The molecule has 2 aromatic rings. The number of benzene rings is 1. The van der Waals surface area contributed by atoms with Gasteiger partial charge in [-0.3, -0.25) is 0 Å². The predicted octanol–water partition coefficient (Wildman–Crippen LogP) is 1.75. The van der Waals surface area contributed by atoms with Gasteiger partial charge in [-0.1, -0.05) is 11.2 Å². The zero-order chi connectivity index (χ0) is 10.1. The Morgan fingerprint density at radius 2 is 2.36 bits per heavy atom. The number of carbonyl (C=O) groups excluding carboxylic acids is 1. The van der Waals surface area contributed by atoms with Gasteiger partial charge in [-0.15, -0.1) is 0 Å². The van der Waals surface area contributed by atoms with Gasteiger partial charge in [-0.05, 0) is 12.1 Å². The van der Waals surface area contributed by atoms with E-state index in [1.807, 2.05) is 0 Å². The van der Waals surface area contributed by atoms with Crippen molar-refractivity contribution in [3.8, 4) is 0 Å². The molecule has 0 saturated heterocycles. The van der Waals surface area contributed by atoms with Gasteiger partial charge in [0.1, 0.15) is 5.52 Å². The Kier molecular flexibility index (Phi) is 1.92. The lowest BCUT2D eigenvalue weighted by Crippen LogP contribution is -1.99. The number of methoxy groups -OCH3 is 1. The molecular weight excluding hydrogens is 189 g/mol. The average Bonchev–Trinajstić information content (AvgIpc) is 2.62. The van der Waals surface area contributed by atoms with Crippen molar-refractivity contribution in [1.82, 2.24) is 5.16 Å². The summed E-state index contributed by atoms with van der Waals surface area (Å²) < 4.78 is 22.2. The Labute approximate surface area is 78.2 Å². The molecule has 0 spiro atoms. The van der Waals surface area contributed by atoms with Gasteiger partial charge in [0.2, 0.25) is 0 Å². The van der Waals surface area contributed by atoms with Crippen molar-refractivity contribution in [1.29, 1.82) is 0 Å². The van der Waals surface area contributed by atoms with E-state index in [1.54, 1.807) is 6.07 Å². The molecule has 0 N–H and O–H groups in total. The third-order valence-electron chi connectivity index (χ3n) is 1.83. The highest BCUT2D eigenvalue weighted by molar-refractivity contribution is 6.00. The molecule has 2 rings (SSSR count). The second-order valence-corrected chi connectivity index (χ2v) is 2.64. The normalized spacial score (nSPS) is 10.4. The van der Waals surface area contributed by atoms with E-state index in [0.29, 0.717) is 5.39 Å². The van der Waals surface area contributed by atoms with E-state index in [0.717, 1.165) is 0 Å². The number of hydrogen-bond donors (Lipinski definition) is 0. The van der Waals surface area contributed by atoms with Crippen LogP contribution in [0.25, 0.3) is 10.9 Å². The second kappa shape index (κ2) is 3.10. The molecule has 0 aliphatic heterocycles. The van der Waals surface area contributed by atoms with E-state index in [9.17, 15) is 9.18 Å². The first-order chi connectivity index (χ1) is 6.74. The van der Waals surface area contributed by atoms with Crippen LogP contribution < -0.4 is 0 Å². The zero-order valence-corrected chi connectivity index (χ0v) is 7.28. The number of aromatic nitrogens is 1. The Morgan fingerprint density at radius 3 is 3.07 bits per heavy atom. The molecule has 0 unspecified atom stereocenters. The van der Waals surface area contributed by atoms with Gasteiger partial charge in [0, 0.05) is 0 Å². The van der Waals surface area contributed by atoms with Crippen LogP contribution in [0.1, 0.15) is 10.6 Å². The Bertz CT molecular complexity index is 492. The van der Waals surface area contributed by atoms with Crippen LogP contribution in [-0.2, 0) is 4.74 Å². The van der Waals surface area contributed by atoms with Crippen LogP contribution in [0.2, 0.25) is 0 Å². The molecule has 0 fully saturated rings. The van der Waals surface area contributed by atoms with Crippen molar-refractivity contribution in [2.75, 3.05) is 7.11 Å². The minimum atomic E-state index is -0.668. The number of nitrogens with zero attached hydrogens (tertiary/aromatic N) is 1. The number of halogens is 1. The largest absolute Gasteiger partial charge is 0.463 e. The molecule has 0 radical (unpaired) electrons. The summed E-state index contributed by atoms with van der Waals surface area (Å²) in [4.78, 5) is 11.1. The minimum absolute atomic E-state index is 0.0351. The maximum atomic E-state index is 13.1. The van der Waals surface area contributed by atoms with Crippen molar-refractivity contribution < 1.29 is 18.4 Å². The predicted molar refractivity (Wildman–Crippen MR) is 45.3 cm³/mol. The Hall–Kier alpha value is -1.91. The maximum Gasteiger partial charge on any atom is 0.377 e. The van der Waals surface area contributed by atoms with Gasteiger partial charge in [0.05, 0.1) is 12.5 Å². The van der Waals surface area contributed by atoms with Gasteiger partial charge in [-0.25, -0.2) is 9.18 Å². The van der Waals surface area contributed by atoms with Crippen LogP contribution in [0.3, 0.4) is 0 Å². The molecule has 0 bridgehead atoms. The quantitative estimate of drug-likeness (QED) is 0.650. The van der Waals surface area contributed by atoms with E-state index in [1.165, 1.54) is 19.2 Å². The van der Waals surface area contributed by atoms with E-state index in [-0.39, 0.29) is 11.3 Å². The van der Waals surface area contributed by atoms with Gasteiger partial charge in [-0.2, -0.15) is 0 Å². The zero-order valence-electron chi connectivity index (χ0n) is 7.28. The Morgan fingerprint density at radius 1 is 1.57 bits per heavy atom. The summed E-state index contributed by atoms with van der Waals surface area (Å²) in [5.74, 6) is -1.28. The second-order valence-electron chi connectivity index (χ2n) is 2.64. The van der Waals surface area contributed by atoms with Crippen molar-refractivity contribution in [3.63, 3.8) is 0 Å². The number of hydrogen-bond acceptors (Lipinski definition) is 4. The van der Waals surface area contributed by atoms with Crippen molar-refractivity contribution in [2.24, 2.45) is 0 Å². The summed E-state index contributed by atoms with van der Waals surface area (Å²) >= 11 is 0. The molecule has 1 aromatic heterocycles. The number of rotatable bonds is 1. The lowest BCUT2D eigenvalue weighted by molar-refractivity contribution is 0.0558. The van der Waals surface area contributed by atoms with Crippen LogP contribution in [0.5, 0.6) is 0 Å². The number of ether oxygens (including phenoxy) is 1. The van der Waals surface area contributed by atoms with Crippen LogP contribution in [0.15, 0.2) is 22.7 Å². The third kappa shape index (κ3) is 1.14. The van der Waals surface area contributed by atoms with E-state index in [2.05, 4.69) is 14.4 Å². The smallest absolute Gasteiger partial charge is 0.377 e. The molecule has 1 heterocycles. The standard InChI is InChI=1S/C9H6FNO3/c1-13-9(12)8-5-3-2-4-6(10)7(5)11-14-8/h2-4H,1H3. The molecule has 1 aromatic carbocycles. The highest BCUT2D eigenvalue weighted by Gasteiger charge is 2.18. The van der Waals surface area contributed by atoms with Gasteiger partial charge >= 0.3 is 5.97 Å². The molecule has 0 amide bonds. The molecule has 0 saturated carbocycles. The molecule has 0 aliphatic rings. The van der Waals surface area contributed by atoms with Crippen LogP contribution >= 0.6 is 0 Å². The van der Waals surface area contributed by atoms with Gasteiger partial charge in [0.15, 0.2) is 5.82 Å². The summed E-state index contributed by atoms with van der Waals surface area (Å²) in [5, 5.41) is 3.75. The highest BCUT2D eigenvalue weighted by atomic mass is 19.1. The van der Waals surface area contributed by atoms with Crippen LogP contribution in [-0.4, -0.2) is 18.2 Å². The molecule has 14 heavy (non-hydrogen) atoms. The summed E-state index contributed by atoms with van der Waals surface area (Å²) in [6.45, 7) is 0. The summed E-state index contributed by atoms with van der Waals surface area (Å²) in [6, 6.07) is 4.26. The van der Waals surface area contributed by atoms with E-state index >= 15 is 0 Å². The average molecular weight is 195 g/mol. The first-order valence-electron chi connectivity index (χ1n) is 3.86. The lowest BCUT2D eigenvalue weighted by Gasteiger charge is -1.92. The fourth-order valence-corrected chi connectivity index (χ4v) is 1.17.